The lowest BCUT2D eigenvalue weighted by Gasteiger charge is -2.71. The molecule has 296 valence electrons. The molecule has 0 aromatic heterocycles. The van der Waals surface area contributed by atoms with Crippen LogP contribution in [0.25, 0.3) is 0 Å². The number of hydrogen-bond donors (Lipinski definition) is 3. The maximum absolute atomic E-state index is 15.0. The van der Waals surface area contributed by atoms with E-state index in [1.165, 1.54) is 6.42 Å². The van der Waals surface area contributed by atoms with Crippen molar-refractivity contribution in [3.63, 3.8) is 0 Å². The first kappa shape index (κ1) is 38.3. The largest absolute Gasteiger partial charge is 0.497 e. The predicted molar refractivity (Wildman–Crippen MR) is 213 cm³/mol. The van der Waals surface area contributed by atoms with Gasteiger partial charge in [0.2, 0.25) is 0 Å². The van der Waals surface area contributed by atoms with Gasteiger partial charge in [-0.3, -0.25) is 4.79 Å². The van der Waals surface area contributed by atoms with Crippen molar-refractivity contribution in [1.82, 2.24) is 10.2 Å². The minimum atomic E-state index is -1.20. The minimum absolute atomic E-state index is 0.0319. The molecule has 3 N–H and O–H groups in total. The molecule has 0 radical (unpaired) electrons. The second kappa shape index (κ2) is 14.1. The van der Waals surface area contributed by atoms with Gasteiger partial charge in [-0.25, -0.2) is 4.79 Å². The summed E-state index contributed by atoms with van der Waals surface area (Å²) in [5, 5.41) is 27.6. The van der Waals surface area contributed by atoms with E-state index in [-0.39, 0.29) is 59.9 Å². The van der Waals surface area contributed by atoms with Crippen LogP contribution < -0.4 is 14.8 Å². The lowest BCUT2D eigenvalue weighted by molar-refractivity contribution is -0.178. The number of aliphatic hydroxyl groups excluding tert-OH is 1. The summed E-state index contributed by atoms with van der Waals surface area (Å²) in [6, 6.07) is 15.1. The molecular formula is C47H62N2O6. The van der Waals surface area contributed by atoms with E-state index < -0.39 is 16.4 Å². The molecule has 9 atom stereocenters. The van der Waals surface area contributed by atoms with Crippen LogP contribution in [0.2, 0.25) is 0 Å². The second-order valence-electron chi connectivity index (χ2n) is 18.6. The molecule has 9 unspecified atom stereocenters. The van der Waals surface area contributed by atoms with Gasteiger partial charge in [-0.05, 0) is 99.7 Å². The molecule has 2 aromatic carbocycles. The number of Topliss-reactive ketones (excluding diaryl/α,β-unsaturated/α-hetero) is 1. The molecule has 2 aromatic rings. The lowest BCUT2D eigenvalue weighted by atomic mass is 9.32. The number of carbonyl (C=O) groups is 2. The van der Waals surface area contributed by atoms with Crippen LogP contribution in [0.4, 0.5) is 4.79 Å². The highest BCUT2D eigenvalue weighted by Gasteiger charge is 2.74. The van der Waals surface area contributed by atoms with Crippen molar-refractivity contribution in [2.45, 2.75) is 122 Å². The molecule has 2 spiro atoms. The van der Waals surface area contributed by atoms with Gasteiger partial charge in [-0.1, -0.05) is 81.7 Å². The molecule has 4 saturated carbocycles. The number of amides is 2. The Morgan fingerprint density at radius 3 is 2.33 bits per heavy atom. The van der Waals surface area contributed by atoms with Crippen molar-refractivity contribution < 1.29 is 29.3 Å². The third-order valence-electron chi connectivity index (χ3n) is 16.2. The van der Waals surface area contributed by atoms with Gasteiger partial charge in [0.05, 0.1) is 45.1 Å². The highest BCUT2D eigenvalue weighted by molar-refractivity contribution is 6.00. The first-order valence-corrected chi connectivity index (χ1v) is 21.0. The molecular weight excluding hydrogens is 689 g/mol. The highest BCUT2D eigenvalue weighted by atomic mass is 16.5. The van der Waals surface area contributed by atoms with Crippen molar-refractivity contribution >= 4 is 11.8 Å². The normalized spacial score (nSPS) is 36.9. The molecule has 0 saturated heterocycles. The van der Waals surface area contributed by atoms with Gasteiger partial charge in [0, 0.05) is 39.4 Å². The molecule has 4 fully saturated rings. The highest BCUT2D eigenvalue weighted by Crippen LogP contribution is 2.78. The number of nitrogens with one attached hydrogen (secondary N) is 1. The van der Waals surface area contributed by atoms with Crippen LogP contribution in [0, 0.1) is 39.4 Å². The molecule has 7 aliphatic carbocycles. The molecule has 7 aliphatic rings. The zero-order chi connectivity index (χ0) is 38.8. The first-order valence-electron chi connectivity index (χ1n) is 21.0. The molecule has 0 aliphatic heterocycles. The van der Waals surface area contributed by atoms with Crippen LogP contribution in [-0.2, 0) is 11.3 Å². The smallest absolute Gasteiger partial charge is 0.318 e. The van der Waals surface area contributed by atoms with Gasteiger partial charge in [0.25, 0.3) is 0 Å². The second-order valence-corrected chi connectivity index (χ2v) is 18.6. The fraction of sp³-hybridized carbons (Fsp3) is 0.617. The number of ketones is 1. The van der Waals surface area contributed by atoms with E-state index >= 15 is 0 Å². The van der Waals surface area contributed by atoms with Crippen LogP contribution >= 0.6 is 0 Å². The van der Waals surface area contributed by atoms with E-state index in [1.54, 1.807) is 19.1 Å². The topological polar surface area (TPSA) is 108 Å². The van der Waals surface area contributed by atoms with Gasteiger partial charge in [-0.2, -0.15) is 0 Å². The zero-order valence-electron chi connectivity index (χ0n) is 33.6. The summed E-state index contributed by atoms with van der Waals surface area (Å²) in [5.41, 5.74) is 0.148. The van der Waals surface area contributed by atoms with Gasteiger partial charge in [0.15, 0.2) is 5.78 Å². The molecule has 8 nitrogen and oxygen atoms in total. The Bertz CT molecular complexity index is 1850. The number of nitrogens with zero attached hydrogens (tertiary/aromatic N) is 1. The van der Waals surface area contributed by atoms with Crippen LogP contribution in [0.1, 0.15) is 115 Å². The molecule has 8 heteroatoms. The Morgan fingerprint density at radius 1 is 0.891 bits per heavy atom. The summed E-state index contributed by atoms with van der Waals surface area (Å²) >= 11 is 0. The van der Waals surface area contributed by atoms with Crippen LogP contribution in [0.15, 0.2) is 72.3 Å². The first-order chi connectivity index (χ1) is 26.3. The summed E-state index contributed by atoms with van der Waals surface area (Å²) in [6.45, 7) is 7.07. The number of benzene rings is 2. The van der Waals surface area contributed by atoms with Crippen molar-refractivity contribution in [3.05, 3.63) is 83.5 Å². The van der Waals surface area contributed by atoms with Crippen molar-refractivity contribution in [3.8, 4) is 11.5 Å². The number of urea groups is 1. The SMILES string of the molecule is COc1ccc(CN(CC2(O)CCC3C45C=CC6(C=C4C(=O)C4CCCCC4)CC(O)CCC6(C)C5CCC32C)C(=O)NC(C)c2ccccc2)c(OC)c1. The summed E-state index contributed by atoms with van der Waals surface area (Å²) in [4.78, 5) is 31.3. The van der Waals surface area contributed by atoms with Crippen LogP contribution in [0.5, 0.6) is 11.5 Å². The average Bonchev–Trinajstić information content (AvgIpc) is 3.47. The number of aliphatic hydroxyl groups is 2. The average molecular weight is 751 g/mol. The number of methoxy groups -OCH3 is 2. The Kier molecular flexibility index (Phi) is 9.80. The van der Waals surface area contributed by atoms with E-state index in [9.17, 15) is 19.8 Å². The Hall–Kier alpha value is -3.62. The van der Waals surface area contributed by atoms with Gasteiger partial charge in [-0.15, -0.1) is 0 Å². The number of allylic oxidation sites excluding steroid dienone is 4. The number of ether oxygens (including phenoxy) is 2. The van der Waals surface area contributed by atoms with Crippen LogP contribution in [-0.4, -0.2) is 59.4 Å². The molecule has 55 heavy (non-hydrogen) atoms. The van der Waals surface area contributed by atoms with Crippen LogP contribution in [0.3, 0.4) is 0 Å². The van der Waals surface area contributed by atoms with Gasteiger partial charge >= 0.3 is 6.03 Å². The summed E-state index contributed by atoms with van der Waals surface area (Å²) in [7, 11) is 3.24. The summed E-state index contributed by atoms with van der Waals surface area (Å²) < 4.78 is 11.3. The predicted octanol–water partition coefficient (Wildman–Crippen LogP) is 8.72. The van der Waals surface area contributed by atoms with E-state index in [1.807, 2.05) is 55.5 Å². The third kappa shape index (κ3) is 5.90. The van der Waals surface area contributed by atoms with E-state index in [2.05, 4.69) is 37.4 Å². The third-order valence-corrected chi connectivity index (χ3v) is 16.2. The lowest BCUT2D eigenvalue weighted by Crippen LogP contribution is -2.67. The number of fused-ring (bicyclic) bond motifs is 1. The van der Waals surface area contributed by atoms with Crippen molar-refractivity contribution in [1.29, 1.82) is 0 Å². The number of carbonyl (C=O) groups excluding carboxylic acids is 2. The van der Waals surface area contributed by atoms with Crippen molar-refractivity contribution in [2.75, 3.05) is 20.8 Å². The van der Waals surface area contributed by atoms with Gasteiger partial charge < -0.3 is 29.9 Å². The molecule has 2 amide bonds. The maximum atomic E-state index is 15.0. The Morgan fingerprint density at radius 2 is 1.60 bits per heavy atom. The number of rotatable bonds is 10. The monoisotopic (exact) mass is 750 g/mol. The van der Waals surface area contributed by atoms with E-state index in [0.29, 0.717) is 30.1 Å². The standard InChI is InChI=1S/C47H62N2O6/c1-31(32-12-8-6-9-13-32)48-42(52)49(29-34-16-17-36(54-4)26-38(34)55-5)30-46(53)23-20-40-44(46,3)22-19-39-43(2)21-18-35(50)27-45(43)24-25-47(39,40)37(28-45)41(51)33-14-10-7-11-15-33/h6,8-9,12-13,16-17,24-26,28,31,33,35,39-40,50,53H,7,10-11,14-15,18-23,27,29-30H2,1-5H3,(H,48,52). The van der Waals surface area contributed by atoms with E-state index in [0.717, 1.165) is 74.5 Å². The maximum Gasteiger partial charge on any atom is 0.318 e. The Balaban J connectivity index is 1.17. The fourth-order valence-electron chi connectivity index (χ4n) is 13.0. The van der Waals surface area contributed by atoms with Crippen molar-refractivity contribution in [2.24, 2.45) is 39.4 Å². The minimum Gasteiger partial charge on any atom is -0.497 e. The number of hydrogen-bond acceptors (Lipinski definition) is 6. The Labute approximate surface area is 327 Å². The fourth-order valence-corrected chi connectivity index (χ4v) is 13.0. The molecule has 2 bridgehead atoms. The quantitative estimate of drug-likeness (QED) is 0.210. The zero-order valence-corrected chi connectivity index (χ0v) is 33.6. The molecule has 9 rings (SSSR count). The van der Waals surface area contributed by atoms with Gasteiger partial charge in [0.1, 0.15) is 11.5 Å². The van der Waals surface area contributed by atoms with E-state index in [4.69, 9.17) is 9.47 Å². The summed E-state index contributed by atoms with van der Waals surface area (Å²) in [6.07, 6.45) is 17.4. The summed E-state index contributed by atoms with van der Waals surface area (Å²) in [5.74, 6) is 1.93. The molecule has 0 heterocycles.